The van der Waals surface area contributed by atoms with Gasteiger partial charge in [0.05, 0.1) is 23.2 Å². The monoisotopic (exact) mass is 397 g/mol. The van der Waals surface area contributed by atoms with Gasteiger partial charge in [-0.25, -0.2) is 14.5 Å². The summed E-state index contributed by atoms with van der Waals surface area (Å²) in [5, 5.41) is 17.0. The number of rotatable bonds is 7. The van der Waals surface area contributed by atoms with Gasteiger partial charge in [0.15, 0.2) is 12.3 Å². The van der Waals surface area contributed by atoms with Gasteiger partial charge in [-0.2, -0.15) is 10.4 Å². The molecule has 0 aromatic carbocycles. The Bertz CT molecular complexity index is 984. The van der Waals surface area contributed by atoms with Crippen LogP contribution in [0.25, 0.3) is 11.0 Å². The smallest absolute Gasteiger partial charge is 0.339 e. The molecule has 2 aromatic heterocycles. The molecule has 2 heterocycles. The van der Waals surface area contributed by atoms with Gasteiger partial charge in [-0.3, -0.25) is 4.79 Å². The summed E-state index contributed by atoms with van der Waals surface area (Å²) in [5.74, 6) is -0.827. The average Bonchev–Trinajstić information content (AvgIpc) is 3.44. The van der Waals surface area contributed by atoms with Crippen molar-refractivity contribution in [3.8, 4) is 6.07 Å². The van der Waals surface area contributed by atoms with Gasteiger partial charge in [-0.1, -0.05) is 13.8 Å². The standard InChI is InChI=1S/C21H27N5O3/c1-12(2)17-8-15(16-9-23-26(13(3)4)19(16)24-17)20(28)29-10-18(27)25-21(5,11-22)14-6-7-14/h8-9,12-14H,6-7,10H2,1-5H3,(H,25,27)/t21-/m1/s1. The molecule has 1 atom stereocenters. The molecule has 8 heteroatoms. The van der Waals surface area contributed by atoms with Crippen molar-refractivity contribution in [1.29, 1.82) is 5.26 Å². The second-order valence-electron chi connectivity index (χ2n) is 8.38. The lowest BCUT2D eigenvalue weighted by Crippen LogP contribution is -2.48. The molecule has 2 aromatic rings. The molecule has 1 amide bonds. The number of hydrogen-bond acceptors (Lipinski definition) is 6. The van der Waals surface area contributed by atoms with E-state index in [1.54, 1.807) is 23.9 Å². The molecule has 8 nitrogen and oxygen atoms in total. The zero-order valence-corrected chi connectivity index (χ0v) is 17.5. The Morgan fingerprint density at radius 2 is 2.07 bits per heavy atom. The van der Waals surface area contributed by atoms with Gasteiger partial charge >= 0.3 is 5.97 Å². The van der Waals surface area contributed by atoms with Crippen LogP contribution >= 0.6 is 0 Å². The zero-order valence-electron chi connectivity index (χ0n) is 17.5. The lowest BCUT2D eigenvalue weighted by atomic mass is 9.98. The first-order chi connectivity index (χ1) is 13.7. The van der Waals surface area contributed by atoms with Crippen LogP contribution in [0.3, 0.4) is 0 Å². The van der Waals surface area contributed by atoms with Crippen molar-refractivity contribution >= 4 is 22.9 Å². The second kappa shape index (κ2) is 7.82. The summed E-state index contributed by atoms with van der Waals surface area (Å²) in [6, 6.07) is 3.94. The maximum atomic E-state index is 12.8. The summed E-state index contributed by atoms with van der Waals surface area (Å²) in [4.78, 5) is 29.7. The van der Waals surface area contributed by atoms with E-state index in [1.807, 2.05) is 27.7 Å². The minimum atomic E-state index is -0.920. The first kappa shape index (κ1) is 20.8. The fourth-order valence-corrected chi connectivity index (χ4v) is 3.30. The number of carbonyl (C=O) groups excluding carboxylic acids is 2. The Morgan fingerprint density at radius 1 is 1.38 bits per heavy atom. The number of nitrogens with zero attached hydrogens (tertiary/aromatic N) is 4. The maximum Gasteiger partial charge on any atom is 0.339 e. The number of carbonyl (C=O) groups is 2. The van der Waals surface area contributed by atoms with E-state index in [4.69, 9.17) is 4.74 Å². The Morgan fingerprint density at radius 3 is 2.62 bits per heavy atom. The van der Waals surface area contributed by atoms with Gasteiger partial charge < -0.3 is 10.1 Å². The molecule has 0 spiro atoms. The number of pyridine rings is 1. The van der Waals surface area contributed by atoms with Gasteiger partial charge in [0.1, 0.15) is 5.54 Å². The topological polar surface area (TPSA) is 110 Å². The highest BCUT2D eigenvalue weighted by atomic mass is 16.5. The van der Waals surface area contributed by atoms with Crippen LogP contribution in [0.1, 0.15) is 75.5 Å². The number of ether oxygens (including phenoxy) is 1. The van der Waals surface area contributed by atoms with E-state index >= 15 is 0 Å². The highest BCUT2D eigenvalue weighted by Gasteiger charge is 2.43. The molecular weight excluding hydrogens is 370 g/mol. The van der Waals surface area contributed by atoms with Crippen LogP contribution in [0, 0.1) is 17.2 Å². The summed E-state index contributed by atoms with van der Waals surface area (Å²) in [7, 11) is 0. The van der Waals surface area contributed by atoms with E-state index in [0.29, 0.717) is 16.6 Å². The molecule has 3 rings (SSSR count). The van der Waals surface area contributed by atoms with Crippen LogP contribution < -0.4 is 5.32 Å². The Balaban J connectivity index is 1.80. The van der Waals surface area contributed by atoms with Crippen molar-refractivity contribution in [3.63, 3.8) is 0 Å². The SMILES string of the molecule is CC(C)c1cc(C(=O)OCC(=O)N[C@](C)(C#N)C2CC2)c2cnn(C(C)C)c2n1. The molecule has 1 saturated carbocycles. The molecule has 154 valence electrons. The van der Waals surface area contributed by atoms with Crippen LogP contribution in [0.4, 0.5) is 0 Å². The van der Waals surface area contributed by atoms with Crippen LogP contribution in [-0.4, -0.2) is 38.8 Å². The predicted octanol–water partition coefficient (Wildman–Crippen LogP) is 3.10. The first-order valence-electron chi connectivity index (χ1n) is 9.93. The number of esters is 1. The van der Waals surface area contributed by atoms with Gasteiger partial charge in [-0.15, -0.1) is 0 Å². The Hall–Kier alpha value is -2.95. The molecule has 0 aliphatic heterocycles. The predicted molar refractivity (Wildman–Crippen MR) is 107 cm³/mol. The van der Waals surface area contributed by atoms with E-state index < -0.39 is 24.0 Å². The molecule has 0 radical (unpaired) electrons. The number of hydrogen-bond donors (Lipinski definition) is 1. The van der Waals surface area contributed by atoms with E-state index in [2.05, 4.69) is 21.5 Å². The first-order valence-corrected chi connectivity index (χ1v) is 9.93. The largest absolute Gasteiger partial charge is 0.452 e. The number of aromatic nitrogens is 3. The molecule has 1 aliphatic rings. The third kappa shape index (κ3) is 4.24. The van der Waals surface area contributed by atoms with E-state index in [9.17, 15) is 14.9 Å². The fourth-order valence-electron chi connectivity index (χ4n) is 3.30. The highest BCUT2D eigenvalue weighted by Crippen LogP contribution is 2.39. The van der Waals surface area contributed by atoms with Crippen molar-refractivity contribution in [2.24, 2.45) is 5.92 Å². The van der Waals surface area contributed by atoms with E-state index in [0.717, 1.165) is 18.5 Å². The van der Waals surface area contributed by atoms with Crippen molar-refractivity contribution in [1.82, 2.24) is 20.1 Å². The van der Waals surface area contributed by atoms with Crippen molar-refractivity contribution in [3.05, 3.63) is 23.5 Å². The summed E-state index contributed by atoms with van der Waals surface area (Å²) in [5.41, 5.74) is 0.788. The van der Waals surface area contributed by atoms with Crippen LogP contribution in [-0.2, 0) is 9.53 Å². The lowest BCUT2D eigenvalue weighted by molar-refractivity contribution is -0.125. The number of amides is 1. The number of nitriles is 1. The molecule has 0 saturated heterocycles. The summed E-state index contributed by atoms with van der Waals surface area (Å²) in [6.07, 6.45) is 3.43. The Labute approximate surface area is 170 Å². The number of fused-ring (bicyclic) bond motifs is 1. The van der Waals surface area contributed by atoms with Gasteiger partial charge in [0.25, 0.3) is 5.91 Å². The van der Waals surface area contributed by atoms with Crippen molar-refractivity contribution in [2.45, 2.75) is 65.0 Å². The summed E-state index contributed by atoms with van der Waals surface area (Å²) >= 11 is 0. The molecule has 1 aliphatic carbocycles. The summed E-state index contributed by atoms with van der Waals surface area (Å²) < 4.78 is 7.03. The number of nitrogens with one attached hydrogen (secondary N) is 1. The van der Waals surface area contributed by atoms with Gasteiger partial charge in [0, 0.05) is 11.7 Å². The van der Waals surface area contributed by atoms with Crippen LogP contribution in [0.2, 0.25) is 0 Å². The normalized spacial score (nSPS) is 15.9. The van der Waals surface area contributed by atoms with Crippen molar-refractivity contribution < 1.29 is 14.3 Å². The zero-order chi connectivity index (χ0) is 21.3. The Kier molecular flexibility index (Phi) is 5.60. The second-order valence-corrected chi connectivity index (χ2v) is 8.38. The summed E-state index contributed by atoms with van der Waals surface area (Å²) in [6.45, 7) is 9.23. The minimum Gasteiger partial charge on any atom is -0.452 e. The minimum absolute atomic E-state index is 0.0862. The fraction of sp³-hybridized carbons (Fsp3) is 0.571. The third-order valence-electron chi connectivity index (χ3n) is 5.25. The lowest BCUT2D eigenvalue weighted by Gasteiger charge is -2.22. The molecule has 1 fully saturated rings. The van der Waals surface area contributed by atoms with E-state index in [-0.39, 0.29) is 17.9 Å². The van der Waals surface area contributed by atoms with Gasteiger partial charge in [0.2, 0.25) is 0 Å². The quantitative estimate of drug-likeness (QED) is 0.719. The van der Waals surface area contributed by atoms with Crippen molar-refractivity contribution in [2.75, 3.05) is 6.61 Å². The average molecular weight is 397 g/mol. The van der Waals surface area contributed by atoms with E-state index in [1.165, 1.54) is 0 Å². The van der Waals surface area contributed by atoms with Crippen LogP contribution in [0.15, 0.2) is 12.3 Å². The highest BCUT2D eigenvalue weighted by molar-refractivity contribution is 6.03. The maximum absolute atomic E-state index is 12.8. The molecular formula is C21H27N5O3. The molecule has 1 N–H and O–H groups in total. The molecule has 29 heavy (non-hydrogen) atoms. The van der Waals surface area contributed by atoms with Crippen LogP contribution in [0.5, 0.6) is 0 Å². The molecule has 0 unspecified atom stereocenters. The third-order valence-corrected chi connectivity index (χ3v) is 5.25. The van der Waals surface area contributed by atoms with Gasteiger partial charge in [-0.05, 0) is 51.5 Å². The molecule has 0 bridgehead atoms.